The number of nitrogens with one attached hydrogen (secondary N) is 1. The van der Waals surface area contributed by atoms with Gasteiger partial charge in [0.05, 0.1) is 5.69 Å². The standard InChI is InChI=1S/C21H17N3O/c1-22-18-8-4-7-15-10-12-19(21(25)20(15)18)24-23-17-11-9-14-5-2-3-6-16(14)13-17/h2-13,22,25H,1H3/b24-23+. The van der Waals surface area contributed by atoms with Gasteiger partial charge in [-0.05, 0) is 40.4 Å². The molecule has 4 rings (SSSR count). The summed E-state index contributed by atoms with van der Waals surface area (Å²) in [4.78, 5) is 0. The molecule has 0 amide bonds. The van der Waals surface area contributed by atoms with Gasteiger partial charge in [0.15, 0.2) is 5.75 Å². The van der Waals surface area contributed by atoms with Gasteiger partial charge in [-0.15, -0.1) is 5.11 Å². The second-order valence-electron chi connectivity index (χ2n) is 5.82. The molecule has 0 saturated carbocycles. The van der Waals surface area contributed by atoms with E-state index in [1.165, 1.54) is 0 Å². The summed E-state index contributed by atoms with van der Waals surface area (Å²) in [5, 5.41) is 26.2. The third-order valence-electron chi connectivity index (χ3n) is 4.27. The van der Waals surface area contributed by atoms with Gasteiger partial charge in [0.1, 0.15) is 5.69 Å². The van der Waals surface area contributed by atoms with E-state index in [0.29, 0.717) is 5.69 Å². The van der Waals surface area contributed by atoms with Crippen LogP contribution in [0, 0.1) is 0 Å². The molecule has 4 heteroatoms. The van der Waals surface area contributed by atoms with Gasteiger partial charge < -0.3 is 10.4 Å². The van der Waals surface area contributed by atoms with Crippen LogP contribution in [0.1, 0.15) is 0 Å². The highest BCUT2D eigenvalue weighted by molar-refractivity contribution is 6.01. The lowest BCUT2D eigenvalue weighted by atomic mass is 10.1. The molecule has 0 fully saturated rings. The highest BCUT2D eigenvalue weighted by Crippen LogP contribution is 2.39. The quantitative estimate of drug-likeness (QED) is 0.443. The highest BCUT2D eigenvalue weighted by atomic mass is 16.3. The number of phenolic OH excluding ortho intramolecular Hbond substituents is 1. The lowest BCUT2D eigenvalue weighted by Crippen LogP contribution is -1.89. The molecule has 0 aromatic heterocycles. The summed E-state index contributed by atoms with van der Waals surface area (Å²) in [6.45, 7) is 0. The van der Waals surface area contributed by atoms with Crippen LogP contribution in [0.3, 0.4) is 0 Å². The molecule has 0 bridgehead atoms. The van der Waals surface area contributed by atoms with Crippen LogP contribution < -0.4 is 5.32 Å². The molecule has 122 valence electrons. The number of rotatable bonds is 3. The Morgan fingerprint density at radius 2 is 1.52 bits per heavy atom. The Morgan fingerprint density at radius 1 is 0.760 bits per heavy atom. The average Bonchev–Trinajstić information content (AvgIpc) is 2.67. The molecule has 0 heterocycles. The number of aromatic hydroxyl groups is 1. The number of hydrogen-bond acceptors (Lipinski definition) is 4. The first-order valence-electron chi connectivity index (χ1n) is 8.09. The Kier molecular flexibility index (Phi) is 3.78. The van der Waals surface area contributed by atoms with E-state index in [4.69, 9.17) is 0 Å². The van der Waals surface area contributed by atoms with E-state index < -0.39 is 0 Å². The Balaban J connectivity index is 1.76. The fourth-order valence-electron chi connectivity index (χ4n) is 2.99. The van der Waals surface area contributed by atoms with Gasteiger partial charge >= 0.3 is 0 Å². The molecule has 25 heavy (non-hydrogen) atoms. The van der Waals surface area contributed by atoms with Crippen molar-refractivity contribution in [3.05, 3.63) is 72.8 Å². The zero-order chi connectivity index (χ0) is 17.2. The first kappa shape index (κ1) is 15.1. The predicted molar refractivity (Wildman–Crippen MR) is 103 cm³/mol. The number of nitrogens with zero attached hydrogens (tertiary/aromatic N) is 2. The van der Waals surface area contributed by atoms with E-state index in [1.54, 1.807) is 6.07 Å². The molecule has 0 radical (unpaired) electrons. The van der Waals surface area contributed by atoms with Crippen molar-refractivity contribution in [2.75, 3.05) is 12.4 Å². The van der Waals surface area contributed by atoms with Crippen molar-refractivity contribution in [2.45, 2.75) is 0 Å². The molecule has 4 aromatic carbocycles. The van der Waals surface area contributed by atoms with Gasteiger partial charge in [0, 0.05) is 18.1 Å². The normalized spacial score (nSPS) is 11.4. The summed E-state index contributed by atoms with van der Waals surface area (Å²) in [6.07, 6.45) is 0. The van der Waals surface area contributed by atoms with Gasteiger partial charge in [-0.25, -0.2) is 0 Å². The second-order valence-corrected chi connectivity index (χ2v) is 5.82. The van der Waals surface area contributed by atoms with Crippen molar-refractivity contribution in [2.24, 2.45) is 10.2 Å². The molecular formula is C21H17N3O. The van der Waals surface area contributed by atoms with Crippen molar-refractivity contribution in [3.8, 4) is 5.75 Å². The summed E-state index contributed by atoms with van der Waals surface area (Å²) in [7, 11) is 1.83. The van der Waals surface area contributed by atoms with E-state index in [-0.39, 0.29) is 5.75 Å². The lowest BCUT2D eigenvalue weighted by molar-refractivity contribution is 0.483. The van der Waals surface area contributed by atoms with Crippen molar-refractivity contribution in [3.63, 3.8) is 0 Å². The number of phenols is 1. The van der Waals surface area contributed by atoms with Crippen LogP contribution in [0.25, 0.3) is 21.5 Å². The molecule has 2 N–H and O–H groups in total. The molecule has 0 unspecified atom stereocenters. The molecule has 0 aliphatic heterocycles. The number of benzene rings is 4. The minimum absolute atomic E-state index is 0.131. The van der Waals surface area contributed by atoms with E-state index in [9.17, 15) is 5.11 Å². The van der Waals surface area contributed by atoms with Crippen molar-refractivity contribution < 1.29 is 5.11 Å². The number of anilines is 1. The average molecular weight is 327 g/mol. The van der Waals surface area contributed by atoms with Crippen LogP contribution in [0.5, 0.6) is 5.75 Å². The maximum absolute atomic E-state index is 10.6. The zero-order valence-electron chi connectivity index (χ0n) is 13.8. The van der Waals surface area contributed by atoms with Gasteiger partial charge in [-0.1, -0.05) is 48.5 Å². The molecule has 0 atom stereocenters. The Labute approximate surface area is 145 Å². The summed E-state index contributed by atoms with van der Waals surface area (Å²) >= 11 is 0. The fraction of sp³-hybridized carbons (Fsp3) is 0.0476. The molecule has 4 aromatic rings. The lowest BCUT2D eigenvalue weighted by Gasteiger charge is -2.09. The zero-order valence-corrected chi connectivity index (χ0v) is 13.8. The van der Waals surface area contributed by atoms with Crippen LogP contribution >= 0.6 is 0 Å². The van der Waals surface area contributed by atoms with Crippen molar-refractivity contribution in [1.29, 1.82) is 0 Å². The SMILES string of the molecule is CNc1cccc2ccc(/N=N/c3ccc4ccccc4c3)c(O)c12. The summed E-state index contributed by atoms with van der Waals surface area (Å²) in [6, 6.07) is 23.6. The molecule has 0 aliphatic rings. The third kappa shape index (κ3) is 2.78. The summed E-state index contributed by atoms with van der Waals surface area (Å²) < 4.78 is 0. The maximum Gasteiger partial charge on any atom is 0.152 e. The largest absolute Gasteiger partial charge is 0.505 e. The van der Waals surface area contributed by atoms with E-state index >= 15 is 0 Å². The van der Waals surface area contributed by atoms with E-state index in [0.717, 1.165) is 32.9 Å². The molecule has 0 aliphatic carbocycles. The topological polar surface area (TPSA) is 57.0 Å². The smallest absolute Gasteiger partial charge is 0.152 e. The summed E-state index contributed by atoms with van der Waals surface area (Å²) in [5.74, 6) is 0.131. The number of fused-ring (bicyclic) bond motifs is 2. The van der Waals surface area contributed by atoms with Crippen LogP contribution in [0.2, 0.25) is 0 Å². The number of azo groups is 1. The fourth-order valence-corrected chi connectivity index (χ4v) is 2.99. The minimum atomic E-state index is 0.131. The van der Waals surface area contributed by atoms with Gasteiger partial charge in [0.25, 0.3) is 0 Å². The predicted octanol–water partition coefficient (Wildman–Crippen LogP) is 6.16. The van der Waals surface area contributed by atoms with E-state index in [1.807, 2.05) is 67.7 Å². The third-order valence-corrected chi connectivity index (χ3v) is 4.27. The molecular weight excluding hydrogens is 310 g/mol. The maximum atomic E-state index is 10.6. The Bertz CT molecular complexity index is 1100. The molecule has 4 nitrogen and oxygen atoms in total. The van der Waals surface area contributed by atoms with Gasteiger partial charge in [-0.3, -0.25) is 0 Å². The van der Waals surface area contributed by atoms with Gasteiger partial charge in [-0.2, -0.15) is 5.11 Å². The first-order valence-corrected chi connectivity index (χ1v) is 8.09. The Hall–Kier alpha value is -3.40. The second kappa shape index (κ2) is 6.24. The van der Waals surface area contributed by atoms with Crippen LogP contribution in [-0.2, 0) is 0 Å². The first-order chi connectivity index (χ1) is 12.3. The highest BCUT2D eigenvalue weighted by Gasteiger charge is 2.09. The van der Waals surface area contributed by atoms with E-state index in [2.05, 4.69) is 21.6 Å². The molecule has 0 spiro atoms. The summed E-state index contributed by atoms with van der Waals surface area (Å²) in [5.41, 5.74) is 2.06. The minimum Gasteiger partial charge on any atom is -0.505 e. The Morgan fingerprint density at radius 3 is 2.36 bits per heavy atom. The van der Waals surface area contributed by atoms with Crippen molar-refractivity contribution >= 4 is 38.6 Å². The van der Waals surface area contributed by atoms with Crippen molar-refractivity contribution in [1.82, 2.24) is 0 Å². The monoisotopic (exact) mass is 327 g/mol. The van der Waals surface area contributed by atoms with Gasteiger partial charge in [0.2, 0.25) is 0 Å². The van der Waals surface area contributed by atoms with Crippen LogP contribution in [-0.4, -0.2) is 12.2 Å². The number of hydrogen-bond donors (Lipinski definition) is 2. The molecule has 0 saturated heterocycles. The van der Waals surface area contributed by atoms with Crippen LogP contribution in [0.4, 0.5) is 17.1 Å². The van der Waals surface area contributed by atoms with Crippen LogP contribution in [0.15, 0.2) is 83.0 Å².